The van der Waals surface area contributed by atoms with Gasteiger partial charge in [-0.2, -0.15) is 0 Å². The van der Waals surface area contributed by atoms with Crippen molar-refractivity contribution in [2.24, 2.45) is 0 Å². The molecule has 0 atom stereocenters. The molecule has 0 radical (unpaired) electrons. The van der Waals surface area contributed by atoms with Crippen LogP contribution in [0.4, 0.5) is 10.5 Å². The lowest BCUT2D eigenvalue weighted by Crippen LogP contribution is -2.50. The average Bonchev–Trinajstić information content (AvgIpc) is 2.42. The molecule has 0 aliphatic heterocycles. The van der Waals surface area contributed by atoms with Gasteiger partial charge in [0, 0.05) is 24.9 Å². The summed E-state index contributed by atoms with van der Waals surface area (Å²) < 4.78 is 10.4. The summed E-state index contributed by atoms with van der Waals surface area (Å²) in [5.74, 6) is 0. The van der Waals surface area contributed by atoms with Crippen molar-refractivity contribution >= 4 is 11.8 Å². The van der Waals surface area contributed by atoms with Gasteiger partial charge in [-0.1, -0.05) is 18.2 Å². The van der Waals surface area contributed by atoms with Gasteiger partial charge >= 0.3 is 6.09 Å². The number of hydrogen-bond acceptors (Lipinski definition) is 4. The second-order valence-electron chi connectivity index (χ2n) is 7.06. The molecule has 1 aromatic rings. The molecule has 0 saturated heterocycles. The lowest BCUT2D eigenvalue weighted by atomic mass is 9.86. The van der Waals surface area contributed by atoms with Crippen molar-refractivity contribution in [2.75, 3.05) is 19.0 Å². The van der Waals surface area contributed by atoms with Gasteiger partial charge in [0.05, 0.1) is 6.61 Å². The van der Waals surface area contributed by atoms with Crippen LogP contribution in [0.1, 0.15) is 39.2 Å². The van der Waals surface area contributed by atoms with E-state index in [0.29, 0.717) is 12.6 Å². The Morgan fingerprint density at radius 2 is 1.91 bits per heavy atom. The monoisotopic (exact) mass is 320 g/mol. The molecule has 2 N–H and O–H groups in total. The highest BCUT2D eigenvalue weighted by Gasteiger charge is 2.31. The van der Waals surface area contributed by atoms with Crippen molar-refractivity contribution in [3.8, 4) is 0 Å². The van der Waals surface area contributed by atoms with Crippen LogP contribution in [0.15, 0.2) is 24.3 Å². The highest BCUT2D eigenvalue weighted by Crippen LogP contribution is 2.26. The third kappa shape index (κ3) is 5.75. The van der Waals surface area contributed by atoms with Gasteiger partial charge in [-0.05, 0) is 51.7 Å². The molecule has 0 heterocycles. The number of nitrogens with one attached hydrogen (secondary N) is 2. The zero-order valence-electron chi connectivity index (χ0n) is 14.5. The number of hydrogen-bond donors (Lipinski definition) is 2. The zero-order chi connectivity index (χ0) is 16.9. The molecule has 5 heteroatoms. The topological polar surface area (TPSA) is 59.6 Å². The lowest BCUT2D eigenvalue weighted by Gasteiger charge is -2.37. The molecule has 0 bridgehead atoms. The average molecular weight is 320 g/mol. The minimum Gasteiger partial charge on any atom is -0.444 e. The second-order valence-corrected chi connectivity index (χ2v) is 7.06. The van der Waals surface area contributed by atoms with Crippen LogP contribution in [0.5, 0.6) is 0 Å². The van der Waals surface area contributed by atoms with Gasteiger partial charge < -0.3 is 20.1 Å². The van der Waals surface area contributed by atoms with E-state index in [1.165, 1.54) is 5.56 Å². The molecule has 5 nitrogen and oxygen atoms in total. The molecule has 23 heavy (non-hydrogen) atoms. The van der Waals surface area contributed by atoms with E-state index < -0.39 is 5.60 Å². The molecule has 1 aliphatic carbocycles. The summed E-state index contributed by atoms with van der Waals surface area (Å²) in [5, 5.41) is 6.48. The maximum absolute atomic E-state index is 11.7. The van der Waals surface area contributed by atoms with Gasteiger partial charge in [0.1, 0.15) is 5.60 Å². The first-order chi connectivity index (χ1) is 10.9. The third-order valence-electron chi connectivity index (χ3n) is 3.81. The Bertz CT molecular complexity index is 519. The SMILES string of the molecule is COCCc1ccccc1NC1CC(NC(=O)OC(C)(C)C)C1. The summed E-state index contributed by atoms with van der Waals surface area (Å²) in [6.45, 7) is 6.32. The van der Waals surface area contributed by atoms with Crippen molar-refractivity contribution in [3.63, 3.8) is 0 Å². The number of ether oxygens (including phenoxy) is 2. The maximum Gasteiger partial charge on any atom is 0.407 e. The van der Waals surface area contributed by atoms with Gasteiger partial charge in [0.2, 0.25) is 0 Å². The van der Waals surface area contributed by atoms with E-state index in [-0.39, 0.29) is 12.1 Å². The first-order valence-electron chi connectivity index (χ1n) is 8.20. The van der Waals surface area contributed by atoms with E-state index in [1.54, 1.807) is 7.11 Å². The summed E-state index contributed by atoms with van der Waals surface area (Å²) in [6.07, 6.45) is 2.39. The van der Waals surface area contributed by atoms with Crippen molar-refractivity contribution in [1.29, 1.82) is 0 Å². The van der Waals surface area contributed by atoms with Crippen LogP contribution in [0, 0.1) is 0 Å². The maximum atomic E-state index is 11.7. The van der Waals surface area contributed by atoms with Crippen molar-refractivity contribution in [3.05, 3.63) is 29.8 Å². The predicted octanol–water partition coefficient (Wildman–Crippen LogP) is 3.34. The van der Waals surface area contributed by atoms with Crippen molar-refractivity contribution in [2.45, 2.75) is 57.7 Å². The van der Waals surface area contributed by atoms with Gasteiger partial charge in [0.25, 0.3) is 0 Å². The number of alkyl carbamates (subject to hydrolysis) is 1. The number of amides is 1. The Morgan fingerprint density at radius 1 is 1.22 bits per heavy atom. The molecule has 1 aliphatic rings. The first-order valence-corrected chi connectivity index (χ1v) is 8.20. The molecule has 0 spiro atoms. The summed E-state index contributed by atoms with van der Waals surface area (Å²) in [4.78, 5) is 11.7. The Morgan fingerprint density at radius 3 is 2.57 bits per heavy atom. The number of carbonyl (C=O) groups is 1. The largest absolute Gasteiger partial charge is 0.444 e. The fourth-order valence-corrected chi connectivity index (χ4v) is 2.64. The van der Waals surface area contributed by atoms with Crippen LogP contribution in [0.25, 0.3) is 0 Å². The molecule has 1 fully saturated rings. The van der Waals surface area contributed by atoms with E-state index in [0.717, 1.165) is 24.9 Å². The van der Waals surface area contributed by atoms with Gasteiger partial charge in [0.15, 0.2) is 0 Å². The van der Waals surface area contributed by atoms with E-state index in [2.05, 4.69) is 22.8 Å². The Balaban J connectivity index is 1.77. The van der Waals surface area contributed by atoms with Crippen LogP contribution in [-0.4, -0.2) is 37.5 Å². The molecular formula is C18H28N2O3. The number of methoxy groups -OCH3 is 1. The smallest absolute Gasteiger partial charge is 0.407 e. The zero-order valence-corrected chi connectivity index (χ0v) is 14.5. The summed E-state index contributed by atoms with van der Waals surface area (Å²) >= 11 is 0. The van der Waals surface area contributed by atoms with E-state index >= 15 is 0 Å². The number of carbonyl (C=O) groups excluding carboxylic acids is 1. The Labute approximate surface area is 138 Å². The highest BCUT2D eigenvalue weighted by atomic mass is 16.6. The number of rotatable bonds is 6. The highest BCUT2D eigenvalue weighted by molar-refractivity contribution is 5.68. The van der Waals surface area contributed by atoms with Gasteiger partial charge in [-0.3, -0.25) is 0 Å². The summed E-state index contributed by atoms with van der Waals surface area (Å²) in [5.41, 5.74) is 1.97. The first kappa shape index (κ1) is 17.6. The minimum absolute atomic E-state index is 0.188. The third-order valence-corrected chi connectivity index (χ3v) is 3.81. The standard InChI is InChI=1S/C18H28N2O3/c1-18(2,3)23-17(21)20-15-11-14(12-15)19-16-8-6-5-7-13(16)9-10-22-4/h5-8,14-15,19H,9-12H2,1-4H3,(H,20,21). The van der Waals surface area contributed by atoms with Crippen molar-refractivity contribution < 1.29 is 14.3 Å². The summed E-state index contributed by atoms with van der Waals surface area (Å²) in [7, 11) is 1.72. The Hall–Kier alpha value is -1.75. The molecule has 1 amide bonds. The molecule has 2 rings (SSSR count). The Kier molecular flexibility index (Phi) is 5.88. The fraction of sp³-hybridized carbons (Fsp3) is 0.611. The summed E-state index contributed by atoms with van der Waals surface area (Å²) in [6, 6.07) is 8.88. The quantitative estimate of drug-likeness (QED) is 0.844. The van der Waals surface area contributed by atoms with Crippen molar-refractivity contribution in [1.82, 2.24) is 5.32 Å². The van der Waals surface area contributed by atoms with E-state index in [1.807, 2.05) is 32.9 Å². The van der Waals surface area contributed by atoms with Crippen LogP contribution in [-0.2, 0) is 15.9 Å². The molecule has 0 aromatic heterocycles. The predicted molar refractivity (Wildman–Crippen MR) is 91.8 cm³/mol. The van der Waals surface area contributed by atoms with Gasteiger partial charge in [-0.25, -0.2) is 4.79 Å². The molecule has 1 aromatic carbocycles. The van der Waals surface area contributed by atoms with Gasteiger partial charge in [-0.15, -0.1) is 0 Å². The second kappa shape index (κ2) is 7.68. The normalized spacial score (nSPS) is 20.5. The number of benzene rings is 1. The number of anilines is 1. The molecule has 1 saturated carbocycles. The molecule has 128 valence electrons. The number of para-hydroxylation sites is 1. The van der Waals surface area contributed by atoms with E-state index in [4.69, 9.17) is 9.47 Å². The lowest BCUT2D eigenvalue weighted by molar-refractivity contribution is 0.0475. The minimum atomic E-state index is -0.453. The fourth-order valence-electron chi connectivity index (χ4n) is 2.64. The molecule has 0 unspecified atom stereocenters. The van der Waals surface area contributed by atoms with Crippen LogP contribution >= 0.6 is 0 Å². The van der Waals surface area contributed by atoms with Crippen LogP contribution in [0.3, 0.4) is 0 Å². The van der Waals surface area contributed by atoms with E-state index in [9.17, 15) is 4.79 Å². The van der Waals surface area contributed by atoms with Crippen LogP contribution < -0.4 is 10.6 Å². The molecular weight excluding hydrogens is 292 g/mol. The van der Waals surface area contributed by atoms with Crippen LogP contribution in [0.2, 0.25) is 0 Å².